The zero-order valence-corrected chi connectivity index (χ0v) is 20.7. The maximum Gasteiger partial charge on any atom is 0.220 e. The first-order chi connectivity index (χ1) is 15.9. The largest absolute Gasteiger partial charge is 0.508 e. The number of hydrogen-bond acceptors (Lipinski definition) is 5. The highest BCUT2D eigenvalue weighted by molar-refractivity contribution is 5.85. The van der Waals surface area contributed by atoms with Crippen LogP contribution in [0.2, 0.25) is 0 Å². The van der Waals surface area contributed by atoms with Gasteiger partial charge in [-0.3, -0.25) is 9.79 Å². The third kappa shape index (κ3) is 6.01. The molecule has 1 aliphatic carbocycles. The van der Waals surface area contributed by atoms with Crippen LogP contribution in [0.1, 0.15) is 71.3 Å². The van der Waals surface area contributed by atoms with E-state index in [1.807, 2.05) is 12.1 Å². The number of aliphatic imine (C=N–C) groups is 1. The molecule has 182 valence electrons. The van der Waals surface area contributed by atoms with Crippen molar-refractivity contribution >= 4 is 11.9 Å². The average molecular weight is 455 g/mol. The van der Waals surface area contributed by atoms with Crippen molar-refractivity contribution in [2.75, 3.05) is 19.6 Å². The fraction of sp³-hybridized carbons (Fsp3) is 0.704. The summed E-state index contributed by atoms with van der Waals surface area (Å²) < 4.78 is 0. The van der Waals surface area contributed by atoms with E-state index in [4.69, 9.17) is 4.99 Å². The third-order valence-electron chi connectivity index (χ3n) is 7.74. The fourth-order valence-corrected chi connectivity index (χ4v) is 5.85. The molecule has 1 aromatic carbocycles. The molecule has 4 rings (SSSR count). The van der Waals surface area contributed by atoms with Gasteiger partial charge in [0.15, 0.2) is 5.96 Å². The molecule has 6 nitrogen and oxygen atoms in total. The lowest BCUT2D eigenvalue weighted by atomic mass is 9.86. The molecule has 0 unspecified atom stereocenters. The Kier molecular flexibility index (Phi) is 7.82. The van der Waals surface area contributed by atoms with E-state index in [0.29, 0.717) is 30.2 Å². The van der Waals surface area contributed by atoms with E-state index in [2.05, 4.69) is 35.9 Å². The third-order valence-corrected chi connectivity index (χ3v) is 7.74. The van der Waals surface area contributed by atoms with Gasteiger partial charge < -0.3 is 20.2 Å². The van der Waals surface area contributed by atoms with Crippen molar-refractivity contribution in [1.82, 2.24) is 15.1 Å². The van der Waals surface area contributed by atoms with Crippen LogP contribution >= 0.6 is 0 Å². The van der Waals surface area contributed by atoms with E-state index in [1.54, 1.807) is 12.1 Å². The van der Waals surface area contributed by atoms with Crippen molar-refractivity contribution in [1.29, 1.82) is 0 Å². The molecule has 33 heavy (non-hydrogen) atoms. The average Bonchev–Trinajstić information content (AvgIpc) is 3.34. The molecule has 2 N–H and O–H groups in total. The van der Waals surface area contributed by atoms with Crippen LogP contribution in [0.25, 0.3) is 0 Å². The zero-order chi connectivity index (χ0) is 23.4. The lowest BCUT2D eigenvalue weighted by Crippen LogP contribution is -2.46. The molecule has 3 atom stereocenters. The van der Waals surface area contributed by atoms with Gasteiger partial charge in [0.2, 0.25) is 5.91 Å². The van der Waals surface area contributed by atoms with Gasteiger partial charge in [-0.15, -0.1) is 0 Å². The lowest BCUT2D eigenvalue weighted by Gasteiger charge is -2.29. The van der Waals surface area contributed by atoms with Gasteiger partial charge in [-0.25, -0.2) is 0 Å². The van der Waals surface area contributed by atoms with E-state index >= 15 is 0 Å². The molecule has 1 amide bonds. The monoisotopic (exact) mass is 454 g/mol. The van der Waals surface area contributed by atoms with Gasteiger partial charge in [-0.1, -0.05) is 58.1 Å². The Balaban J connectivity index is 1.36. The molecule has 0 spiro atoms. The summed E-state index contributed by atoms with van der Waals surface area (Å²) >= 11 is 0. The second-order valence-electron chi connectivity index (χ2n) is 10.8. The second kappa shape index (κ2) is 10.8. The number of carbonyl (C=O) groups excluding carboxylic acids is 1. The number of phenols is 1. The number of amides is 1. The number of fused-ring (bicyclic) bond motifs is 1. The van der Waals surface area contributed by atoms with Crippen molar-refractivity contribution < 1.29 is 9.90 Å². The molecule has 6 heteroatoms. The van der Waals surface area contributed by atoms with Gasteiger partial charge in [-0.05, 0) is 49.3 Å². The molecule has 2 heterocycles. The minimum Gasteiger partial charge on any atom is -0.508 e. The number of guanidine groups is 1. The van der Waals surface area contributed by atoms with E-state index in [0.717, 1.165) is 44.4 Å². The van der Waals surface area contributed by atoms with Crippen molar-refractivity contribution in [2.45, 2.75) is 90.3 Å². The Bertz CT molecular complexity index is 816. The topological polar surface area (TPSA) is 68.2 Å². The number of aromatic hydroxyl groups is 1. The quantitative estimate of drug-likeness (QED) is 0.587. The number of nitrogens with one attached hydrogen (secondary N) is 1. The van der Waals surface area contributed by atoms with Crippen LogP contribution in [-0.4, -0.2) is 64.5 Å². The summed E-state index contributed by atoms with van der Waals surface area (Å²) in [5.41, 5.74) is 1.22. The van der Waals surface area contributed by atoms with E-state index in [1.165, 1.54) is 37.7 Å². The van der Waals surface area contributed by atoms with E-state index in [9.17, 15) is 9.90 Å². The molecule has 1 aromatic rings. The number of phenolic OH excluding ortho intramolecular Hbond substituents is 1. The molecule has 3 aliphatic rings. The number of hydrogen-bond donors (Lipinski definition) is 2. The number of nitrogens with zero attached hydrogens (tertiary/aromatic N) is 3. The van der Waals surface area contributed by atoms with Gasteiger partial charge in [0.1, 0.15) is 5.75 Å². The number of benzene rings is 1. The minimum atomic E-state index is 0.0759. The molecule has 1 saturated carbocycles. The molecule has 0 radical (unpaired) electrons. The first-order valence-corrected chi connectivity index (χ1v) is 13.1. The summed E-state index contributed by atoms with van der Waals surface area (Å²) in [5.74, 6) is 2.88. The first kappa shape index (κ1) is 23.9. The van der Waals surface area contributed by atoms with Crippen LogP contribution < -0.4 is 5.32 Å². The summed E-state index contributed by atoms with van der Waals surface area (Å²) in [5, 5.41) is 12.9. The lowest BCUT2D eigenvalue weighted by molar-refractivity contribution is -0.122. The second-order valence-corrected chi connectivity index (χ2v) is 10.8. The number of carbonyl (C=O) groups is 1. The van der Waals surface area contributed by atoms with Gasteiger partial charge >= 0.3 is 0 Å². The molecule has 0 bridgehead atoms. The summed E-state index contributed by atoms with van der Waals surface area (Å²) in [7, 11) is 0. The minimum absolute atomic E-state index is 0.0759. The summed E-state index contributed by atoms with van der Waals surface area (Å²) in [6.07, 6.45) is 9.19. The molecule has 2 aliphatic heterocycles. The molecule has 2 fully saturated rings. The van der Waals surface area contributed by atoms with Crippen LogP contribution in [0.5, 0.6) is 5.75 Å². The summed E-state index contributed by atoms with van der Waals surface area (Å²) in [6.45, 7) is 9.26. The Morgan fingerprint density at radius 2 is 1.88 bits per heavy atom. The van der Waals surface area contributed by atoms with Gasteiger partial charge in [-0.2, -0.15) is 0 Å². The van der Waals surface area contributed by atoms with Crippen molar-refractivity contribution in [3.8, 4) is 5.75 Å². The van der Waals surface area contributed by atoms with Crippen LogP contribution in [-0.2, 0) is 11.2 Å². The molecular formula is C27H42N4O2. The summed E-state index contributed by atoms with van der Waals surface area (Å²) in [6, 6.07) is 8.39. The Hall–Kier alpha value is -2.24. The van der Waals surface area contributed by atoms with Crippen LogP contribution in [0.15, 0.2) is 29.3 Å². The van der Waals surface area contributed by atoms with Gasteiger partial charge in [0.25, 0.3) is 0 Å². The van der Waals surface area contributed by atoms with Crippen LogP contribution in [0.3, 0.4) is 0 Å². The highest BCUT2D eigenvalue weighted by atomic mass is 16.3. The Labute approximate surface area is 199 Å². The van der Waals surface area contributed by atoms with Crippen molar-refractivity contribution in [3.05, 3.63) is 29.8 Å². The SMILES string of the molecule is CC(C)[C@H]1CN=C2N(C[C@H](C)NC(=O)CCC3CCCCC3)[C@H](Cc3ccc(O)cc3)CN21. The standard InChI is InChI=1S/C27H42N4O2/c1-19(2)25-16-28-27-30(23(18-31(25)27)15-22-9-12-24(32)13-10-22)17-20(3)29-26(33)14-11-21-7-5-4-6-8-21/h9-10,12-13,19-21,23,25,32H,4-8,11,14-18H2,1-3H3,(H,29,33)/t20-,23+,25+/m0/s1. The smallest absolute Gasteiger partial charge is 0.220 e. The normalized spacial score (nSPS) is 24.2. The maximum absolute atomic E-state index is 12.6. The first-order valence-electron chi connectivity index (χ1n) is 13.1. The van der Waals surface area contributed by atoms with Crippen molar-refractivity contribution in [3.63, 3.8) is 0 Å². The van der Waals surface area contributed by atoms with E-state index in [-0.39, 0.29) is 11.9 Å². The Morgan fingerprint density at radius 3 is 2.58 bits per heavy atom. The van der Waals surface area contributed by atoms with E-state index < -0.39 is 0 Å². The van der Waals surface area contributed by atoms with Crippen molar-refractivity contribution in [2.24, 2.45) is 16.8 Å². The number of rotatable bonds is 9. The highest BCUT2D eigenvalue weighted by Gasteiger charge is 2.43. The Morgan fingerprint density at radius 1 is 1.15 bits per heavy atom. The zero-order valence-electron chi connectivity index (χ0n) is 20.7. The van der Waals surface area contributed by atoms with Gasteiger partial charge in [0, 0.05) is 25.6 Å². The summed E-state index contributed by atoms with van der Waals surface area (Å²) in [4.78, 5) is 22.5. The van der Waals surface area contributed by atoms with Gasteiger partial charge in [0.05, 0.1) is 18.6 Å². The molecule has 0 aromatic heterocycles. The fourth-order valence-electron chi connectivity index (χ4n) is 5.85. The molecular weight excluding hydrogens is 412 g/mol. The predicted octanol–water partition coefficient (Wildman–Crippen LogP) is 4.18. The highest BCUT2D eigenvalue weighted by Crippen LogP contribution is 2.30. The van der Waals surface area contributed by atoms with Crippen LogP contribution in [0.4, 0.5) is 0 Å². The predicted molar refractivity (Wildman–Crippen MR) is 133 cm³/mol. The molecule has 1 saturated heterocycles. The maximum atomic E-state index is 12.6. The van der Waals surface area contributed by atoms with Crippen LogP contribution in [0, 0.1) is 11.8 Å².